The van der Waals surface area contributed by atoms with Gasteiger partial charge in [-0.3, -0.25) is 0 Å². The lowest BCUT2D eigenvalue weighted by molar-refractivity contribution is 0.0699. The number of sulfonamides is 1. The summed E-state index contributed by atoms with van der Waals surface area (Å²) in [6, 6.07) is 4.55. The zero-order valence-electron chi connectivity index (χ0n) is 11.1. The topological polar surface area (TPSA) is 64.6 Å². The highest BCUT2D eigenvalue weighted by Crippen LogP contribution is 2.28. The minimum absolute atomic E-state index is 0.0939. The Hall–Kier alpha value is -0.370. The van der Waals surface area contributed by atoms with Crippen LogP contribution < -0.4 is 4.72 Å². The van der Waals surface area contributed by atoms with E-state index in [-0.39, 0.29) is 21.5 Å². The number of halogens is 2. The monoisotopic (exact) mass is 341 g/mol. The molecule has 0 bridgehead atoms. The van der Waals surface area contributed by atoms with E-state index >= 15 is 0 Å². The smallest absolute Gasteiger partial charge is 0.243 e. The molecule has 0 heterocycles. The number of hydrogen-bond donors (Lipinski definition) is 1. The van der Waals surface area contributed by atoms with Gasteiger partial charge in [-0.05, 0) is 18.6 Å². The predicted octanol–water partition coefficient (Wildman–Crippen LogP) is 2.32. The molecule has 1 rings (SSSR count). The van der Waals surface area contributed by atoms with Gasteiger partial charge in [0.15, 0.2) is 0 Å². The van der Waals surface area contributed by atoms with E-state index in [9.17, 15) is 8.42 Å². The lowest BCUT2D eigenvalue weighted by Gasteiger charge is -2.10. The first-order chi connectivity index (χ1) is 9.49. The van der Waals surface area contributed by atoms with Crippen molar-refractivity contribution in [3.05, 3.63) is 28.2 Å². The van der Waals surface area contributed by atoms with Crippen molar-refractivity contribution in [3.8, 4) is 0 Å². The van der Waals surface area contributed by atoms with Gasteiger partial charge in [0.25, 0.3) is 0 Å². The van der Waals surface area contributed by atoms with Crippen LogP contribution in [0.1, 0.15) is 6.42 Å². The number of nitrogens with one attached hydrogen (secondary N) is 1. The molecule has 20 heavy (non-hydrogen) atoms. The Kier molecular flexibility index (Phi) is 7.79. The summed E-state index contributed by atoms with van der Waals surface area (Å²) in [5.41, 5.74) is 0. The van der Waals surface area contributed by atoms with Crippen LogP contribution in [-0.4, -0.2) is 41.9 Å². The summed E-state index contributed by atoms with van der Waals surface area (Å²) in [5, 5.41) is 0.197. The van der Waals surface area contributed by atoms with Gasteiger partial charge in [-0.25, -0.2) is 13.1 Å². The van der Waals surface area contributed by atoms with E-state index < -0.39 is 10.0 Å². The van der Waals surface area contributed by atoms with Crippen molar-refractivity contribution < 1.29 is 17.9 Å². The number of hydrogen-bond acceptors (Lipinski definition) is 4. The molecule has 1 N–H and O–H groups in total. The molecule has 5 nitrogen and oxygen atoms in total. The van der Waals surface area contributed by atoms with Gasteiger partial charge in [-0.1, -0.05) is 29.3 Å². The fourth-order valence-electron chi connectivity index (χ4n) is 1.44. The van der Waals surface area contributed by atoms with Crippen LogP contribution in [0, 0.1) is 0 Å². The van der Waals surface area contributed by atoms with Crippen molar-refractivity contribution in [1.29, 1.82) is 0 Å². The summed E-state index contributed by atoms with van der Waals surface area (Å²) < 4.78 is 36.6. The molecule has 0 fully saturated rings. The molecule has 114 valence electrons. The minimum Gasteiger partial charge on any atom is -0.382 e. The molecule has 0 spiro atoms. The summed E-state index contributed by atoms with van der Waals surface area (Å²) in [5.74, 6) is 0. The molecule has 0 unspecified atom stereocenters. The first kappa shape index (κ1) is 17.7. The third-order valence-corrected chi connectivity index (χ3v) is 4.79. The van der Waals surface area contributed by atoms with Gasteiger partial charge >= 0.3 is 0 Å². The number of ether oxygens (including phenoxy) is 2. The predicted molar refractivity (Wildman–Crippen MR) is 79.0 cm³/mol. The maximum Gasteiger partial charge on any atom is 0.243 e. The van der Waals surface area contributed by atoms with Gasteiger partial charge < -0.3 is 9.47 Å². The van der Waals surface area contributed by atoms with Gasteiger partial charge in [0.2, 0.25) is 10.0 Å². The summed E-state index contributed by atoms with van der Waals surface area (Å²) in [6.45, 7) is 1.69. The van der Waals surface area contributed by atoms with Gasteiger partial charge in [0.05, 0.1) is 23.3 Å². The van der Waals surface area contributed by atoms with E-state index in [4.69, 9.17) is 32.7 Å². The molecule has 1 aromatic carbocycles. The first-order valence-corrected chi connectivity index (χ1v) is 8.23. The van der Waals surface area contributed by atoms with Gasteiger partial charge in [0.1, 0.15) is 4.90 Å². The maximum atomic E-state index is 12.1. The fraction of sp³-hybridized carbons (Fsp3) is 0.500. The van der Waals surface area contributed by atoms with Crippen LogP contribution in [0.5, 0.6) is 0 Å². The molecule has 0 aliphatic heterocycles. The van der Waals surface area contributed by atoms with Crippen molar-refractivity contribution in [2.75, 3.05) is 33.5 Å². The molecule has 0 radical (unpaired) electrons. The van der Waals surface area contributed by atoms with Crippen LogP contribution in [0.25, 0.3) is 0 Å². The van der Waals surface area contributed by atoms with Crippen LogP contribution in [0.15, 0.2) is 23.1 Å². The van der Waals surface area contributed by atoms with E-state index in [0.29, 0.717) is 26.2 Å². The zero-order chi connectivity index (χ0) is 15.0. The Balaban J connectivity index is 2.46. The average molecular weight is 342 g/mol. The van der Waals surface area contributed by atoms with Crippen molar-refractivity contribution in [2.24, 2.45) is 0 Å². The highest BCUT2D eigenvalue weighted by molar-refractivity contribution is 7.89. The minimum atomic E-state index is -3.71. The van der Waals surface area contributed by atoms with Gasteiger partial charge in [-0.2, -0.15) is 0 Å². The Morgan fingerprint density at radius 2 is 1.80 bits per heavy atom. The van der Waals surface area contributed by atoms with Crippen molar-refractivity contribution >= 4 is 33.2 Å². The molecule has 0 saturated heterocycles. The lowest BCUT2D eigenvalue weighted by atomic mass is 10.4. The normalized spacial score (nSPS) is 11.8. The summed E-state index contributed by atoms with van der Waals surface area (Å²) in [6.07, 6.45) is 0.547. The summed E-state index contributed by atoms with van der Waals surface area (Å²) in [7, 11) is -2.13. The second-order valence-corrected chi connectivity index (χ2v) is 6.43. The van der Waals surface area contributed by atoms with E-state index in [2.05, 4.69) is 4.72 Å². The molecular weight excluding hydrogens is 325 g/mol. The van der Waals surface area contributed by atoms with Gasteiger partial charge in [-0.15, -0.1) is 0 Å². The van der Waals surface area contributed by atoms with Gasteiger partial charge in [0, 0.05) is 20.3 Å². The number of rotatable bonds is 9. The van der Waals surface area contributed by atoms with Crippen LogP contribution in [0.4, 0.5) is 0 Å². The van der Waals surface area contributed by atoms with E-state index in [1.165, 1.54) is 12.1 Å². The van der Waals surface area contributed by atoms with Crippen molar-refractivity contribution in [2.45, 2.75) is 11.3 Å². The summed E-state index contributed by atoms with van der Waals surface area (Å²) in [4.78, 5) is -0.0939. The molecule has 0 amide bonds. The third-order valence-electron chi connectivity index (χ3n) is 2.38. The molecule has 0 saturated carbocycles. The fourth-order valence-corrected chi connectivity index (χ4v) is 3.65. The quantitative estimate of drug-likeness (QED) is 0.700. The largest absolute Gasteiger partial charge is 0.382 e. The highest BCUT2D eigenvalue weighted by atomic mass is 35.5. The van der Waals surface area contributed by atoms with Crippen LogP contribution in [-0.2, 0) is 19.5 Å². The molecular formula is C12H17Cl2NO4S. The van der Waals surface area contributed by atoms with E-state index in [1.807, 2.05) is 0 Å². The van der Waals surface area contributed by atoms with E-state index in [1.54, 1.807) is 13.2 Å². The molecule has 1 aromatic rings. The SMILES string of the molecule is COCCOCCCNS(=O)(=O)c1c(Cl)cccc1Cl. The lowest BCUT2D eigenvalue weighted by Crippen LogP contribution is -2.26. The average Bonchev–Trinajstić information content (AvgIpc) is 2.37. The second kappa shape index (κ2) is 8.81. The van der Waals surface area contributed by atoms with Crippen LogP contribution in [0.3, 0.4) is 0 Å². The Morgan fingerprint density at radius 3 is 2.40 bits per heavy atom. The molecule has 8 heteroatoms. The maximum absolute atomic E-state index is 12.1. The molecule has 0 atom stereocenters. The second-order valence-electron chi connectivity index (χ2n) is 3.91. The highest BCUT2D eigenvalue weighted by Gasteiger charge is 2.20. The Bertz CT molecular complexity index is 502. The number of methoxy groups -OCH3 is 1. The van der Waals surface area contributed by atoms with Crippen molar-refractivity contribution in [1.82, 2.24) is 4.72 Å². The van der Waals surface area contributed by atoms with Crippen molar-refractivity contribution in [3.63, 3.8) is 0 Å². The van der Waals surface area contributed by atoms with E-state index in [0.717, 1.165) is 0 Å². The molecule has 0 aliphatic rings. The van der Waals surface area contributed by atoms with Crippen LogP contribution in [0.2, 0.25) is 10.0 Å². The summed E-state index contributed by atoms with van der Waals surface area (Å²) >= 11 is 11.7. The molecule has 0 aromatic heterocycles. The first-order valence-electron chi connectivity index (χ1n) is 5.99. The molecule has 0 aliphatic carbocycles. The van der Waals surface area contributed by atoms with Crippen LogP contribution >= 0.6 is 23.2 Å². The number of benzene rings is 1. The standard InChI is InChI=1S/C12H17Cl2NO4S/c1-18-8-9-19-7-3-6-15-20(16,17)12-10(13)4-2-5-11(12)14/h2,4-5,15H,3,6-9H2,1H3. The Morgan fingerprint density at radius 1 is 1.15 bits per heavy atom. The zero-order valence-corrected chi connectivity index (χ0v) is 13.4. The third kappa shape index (κ3) is 5.55. The Labute approximate surface area is 129 Å².